The minimum atomic E-state index is 0.840. The van der Waals surface area contributed by atoms with Crippen molar-refractivity contribution in [2.75, 3.05) is 11.1 Å². The third kappa shape index (κ3) is 2.69. The van der Waals surface area contributed by atoms with Crippen LogP contribution in [0.25, 0.3) is 21.5 Å². The van der Waals surface area contributed by atoms with Crippen molar-refractivity contribution in [3.63, 3.8) is 0 Å². The van der Waals surface area contributed by atoms with Gasteiger partial charge in [-0.05, 0) is 87.0 Å². The van der Waals surface area contributed by atoms with Crippen LogP contribution in [0.1, 0.15) is 5.56 Å². The number of anilines is 3. The molecule has 0 bridgehead atoms. The van der Waals surface area contributed by atoms with Crippen molar-refractivity contribution in [2.45, 2.75) is 6.92 Å². The quantitative estimate of drug-likeness (QED) is 0.296. The molecule has 0 unspecified atom stereocenters. The number of halogens is 1. The van der Waals surface area contributed by atoms with Crippen molar-refractivity contribution in [1.82, 2.24) is 0 Å². The third-order valence-electron chi connectivity index (χ3n) is 4.43. The summed E-state index contributed by atoms with van der Waals surface area (Å²) in [5, 5.41) is 8.46. The Bertz CT molecular complexity index is 1070. The summed E-state index contributed by atoms with van der Waals surface area (Å²) in [5.41, 5.74) is 10.2. The summed E-state index contributed by atoms with van der Waals surface area (Å²) in [6.07, 6.45) is 0. The molecule has 0 aliphatic heterocycles. The monoisotopic (exact) mass is 424 g/mol. The summed E-state index contributed by atoms with van der Waals surface area (Å²) in [7, 11) is 0. The third-order valence-corrected chi connectivity index (χ3v) is 5.32. The number of aryl methyl sites for hydroxylation is 1. The molecule has 3 N–H and O–H groups in total. The first-order valence-electron chi connectivity index (χ1n) is 7.86. The molecule has 0 aromatic heterocycles. The molecule has 0 saturated carbocycles. The van der Waals surface area contributed by atoms with E-state index in [-0.39, 0.29) is 0 Å². The number of nitrogens with one attached hydrogen (secondary N) is 1. The van der Waals surface area contributed by atoms with Gasteiger partial charge in [-0.1, -0.05) is 36.4 Å². The van der Waals surface area contributed by atoms with E-state index in [9.17, 15) is 0 Å². The fraction of sp³-hybridized carbons (Fsp3) is 0.0476. The molecule has 0 saturated heterocycles. The minimum absolute atomic E-state index is 0.840. The van der Waals surface area contributed by atoms with Crippen LogP contribution in [0.5, 0.6) is 0 Å². The van der Waals surface area contributed by atoms with E-state index in [0.29, 0.717) is 0 Å². The zero-order valence-corrected chi connectivity index (χ0v) is 15.5. The molecule has 2 nitrogen and oxygen atoms in total. The van der Waals surface area contributed by atoms with Crippen LogP contribution < -0.4 is 11.1 Å². The van der Waals surface area contributed by atoms with Crippen molar-refractivity contribution < 1.29 is 0 Å². The standard InChI is InChI=1S/C21H17IN2/c1-13-18-8-7-16(10-15(18)6-9-21(13)23)24-17-11-14-4-2-3-5-19(14)20(22)12-17/h2-12,24H,23H2,1H3. The normalized spacial score (nSPS) is 11.1. The second-order valence-electron chi connectivity index (χ2n) is 6.02. The molecule has 4 aromatic carbocycles. The van der Waals surface area contributed by atoms with Gasteiger partial charge in [-0.3, -0.25) is 0 Å². The van der Waals surface area contributed by atoms with Crippen molar-refractivity contribution in [3.05, 3.63) is 75.9 Å². The van der Waals surface area contributed by atoms with Crippen molar-refractivity contribution >= 4 is 61.2 Å². The molecule has 118 valence electrons. The van der Waals surface area contributed by atoms with Crippen LogP contribution in [0.15, 0.2) is 66.7 Å². The summed E-state index contributed by atoms with van der Waals surface area (Å²) in [5.74, 6) is 0. The number of nitrogen functional groups attached to an aromatic ring is 1. The van der Waals surface area contributed by atoms with Gasteiger partial charge in [-0.2, -0.15) is 0 Å². The molecule has 4 aromatic rings. The summed E-state index contributed by atoms with van der Waals surface area (Å²) in [6.45, 7) is 2.07. The van der Waals surface area contributed by atoms with Gasteiger partial charge >= 0.3 is 0 Å². The lowest BCUT2D eigenvalue weighted by molar-refractivity contribution is 1.51. The Hall–Kier alpha value is -2.27. The van der Waals surface area contributed by atoms with Gasteiger partial charge in [-0.15, -0.1) is 0 Å². The number of rotatable bonds is 2. The molecule has 0 amide bonds. The number of benzene rings is 4. The smallest absolute Gasteiger partial charge is 0.0401 e. The maximum absolute atomic E-state index is 6.00. The van der Waals surface area contributed by atoms with Gasteiger partial charge in [0.1, 0.15) is 0 Å². The van der Waals surface area contributed by atoms with E-state index in [1.807, 2.05) is 6.07 Å². The molecule has 0 aliphatic rings. The van der Waals surface area contributed by atoms with Gasteiger partial charge in [-0.25, -0.2) is 0 Å². The van der Waals surface area contributed by atoms with Crippen molar-refractivity contribution in [1.29, 1.82) is 0 Å². The lowest BCUT2D eigenvalue weighted by Gasteiger charge is -2.12. The topological polar surface area (TPSA) is 38.0 Å². The average Bonchev–Trinajstić information content (AvgIpc) is 2.58. The first-order valence-corrected chi connectivity index (χ1v) is 8.94. The van der Waals surface area contributed by atoms with Gasteiger partial charge in [0.05, 0.1) is 0 Å². The van der Waals surface area contributed by atoms with E-state index >= 15 is 0 Å². The Balaban J connectivity index is 1.75. The predicted octanol–water partition coefficient (Wildman–Crippen LogP) is 6.23. The highest BCUT2D eigenvalue weighted by atomic mass is 127. The molecule has 24 heavy (non-hydrogen) atoms. The van der Waals surface area contributed by atoms with Gasteiger partial charge in [0.25, 0.3) is 0 Å². The second-order valence-corrected chi connectivity index (χ2v) is 7.18. The van der Waals surface area contributed by atoms with Gasteiger partial charge < -0.3 is 11.1 Å². The molecule has 4 rings (SSSR count). The summed E-state index contributed by atoms with van der Waals surface area (Å²) in [6, 6.07) is 23.3. The lowest BCUT2D eigenvalue weighted by Crippen LogP contribution is -1.93. The fourth-order valence-corrected chi connectivity index (χ4v) is 3.91. The van der Waals surface area contributed by atoms with E-state index in [1.54, 1.807) is 0 Å². The predicted molar refractivity (Wildman–Crippen MR) is 113 cm³/mol. The van der Waals surface area contributed by atoms with Crippen LogP contribution in [0.2, 0.25) is 0 Å². The van der Waals surface area contributed by atoms with Crippen LogP contribution in [-0.2, 0) is 0 Å². The summed E-state index contributed by atoms with van der Waals surface area (Å²) < 4.78 is 1.25. The van der Waals surface area contributed by atoms with E-state index < -0.39 is 0 Å². The van der Waals surface area contributed by atoms with E-state index in [4.69, 9.17) is 5.73 Å². The molecule has 0 aliphatic carbocycles. The largest absolute Gasteiger partial charge is 0.398 e. The Morgan fingerprint density at radius 1 is 0.792 bits per heavy atom. The lowest BCUT2D eigenvalue weighted by atomic mass is 10.0. The van der Waals surface area contributed by atoms with Crippen molar-refractivity contribution in [3.8, 4) is 0 Å². The number of hydrogen-bond donors (Lipinski definition) is 2. The van der Waals surface area contributed by atoms with Gasteiger partial charge in [0.2, 0.25) is 0 Å². The first kappa shape index (κ1) is 15.3. The van der Waals surface area contributed by atoms with Crippen molar-refractivity contribution in [2.24, 2.45) is 0 Å². The number of hydrogen-bond acceptors (Lipinski definition) is 2. The molecule has 0 radical (unpaired) electrons. The minimum Gasteiger partial charge on any atom is -0.398 e. The van der Waals surface area contributed by atoms with Gasteiger partial charge in [0, 0.05) is 20.6 Å². The molecule has 0 fully saturated rings. The highest BCUT2D eigenvalue weighted by molar-refractivity contribution is 14.1. The van der Waals surface area contributed by atoms with E-state index in [0.717, 1.165) is 22.6 Å². The Labute approximate surface area is 154 Å². The molecule has 0 heterocycles. The second kappa shape index (κ2) is 5.98. The Kier molecular flexibility index (Phi) is 3.81. The summed E-state index contributed by atoms with van der Waals surface area (Å²) >= 11 is 2.39. The average molecular weight is 424 g/mol. The molecule has 0 spiro atoms. The number of nitrogens with two attached hydrogens (primary N) is 1. The van der Waals surface area contributed by atoms with Crippen LogP contribution in [-0.4, -0.2) is 0 Å². The SMILES string of the molecule is Cc1c(N)ccc2cc(Nc3cc(I)c4ccccc4c3)ccc12. The Morgan fingerprint density at radius 3 is 2.42 bits per heavy atom. The molecule has 0 atom stereocenters. The van der Waals surface area contributed by atoms with Crippen LogP contribution in [0, 0.1) is 10.5 Å². The number of fused-ring (bicyclic) bond motifs is 2. The highest BCUT2D eigenvalue weighted by Gasteiger charge is 2.05. The van der Waals surface area contributed by atoms with E-state index in [2.05, 4.69) is 95.5 Å². The summed E-state index contributed by atoms with van der Waals surface area (Å²) in [4.78, 5) is 0. The zero-order chi connectivity index (χ0) is 16.7. The van der Waals surface area contributed by atoms with Crippen LogP contribution >= 0.6 is 22.6 Å². The maximum atomic E-state index is 6.00. The molecular weight excluding hydrogens is 407 g/mol. The molecular formula is C21H17IN2. The van der Waals surface area contributed by atoms with Gasteiger partial charge in [0.15, 0.2) is 0 Å². The highest BCUT2D eigenvalue weighted by Crippen LogP contribution is 2.30. The maximum Gasteiger partial charge on any atom is 0.0401 e. The van der Waals surface area contributed by atoms with Crippen LogP contribution in [0.4, 0.5) is 17.1 Å². The zero-order valence-electron chi connectivity index (χ0n) is 13.3. The fourth-order valence-electron chi connectivity index (χ4n) is 3.08. The first-order chi connectivity index (χ1) is 11.6. The Morgan fingerprint density at radius 2 is 1.54 bits per heavy atom. The van der Waals surface area contributed by atoms with Crippen LogP contribution in [0.3, 0.4) is 0 Å². The molecule has 3 heteroatoms. The van der Waals surface area contributed by atoms with E-state index in [1.165, 1.54) is 25.1 Å².